The van der Waals surface area contributed by atoms with E-state index in [1.165, 1.54) is 0 Å². The second-order valence-corrected chi connectivity index (χ2v) is 0.306. The average Bonchev–Trinajstić information content (AvgIpc) is 0.918. The Morgan fingerprint density at radius 2 is 1.75 bits per heavy atom. The molecule has 1 nitrogen and oxygen atoms in total. The summed E-state index contributed by atoms with van der Waals surface area (Å²) in [5, 5.41) is 7.36. The Balaban J connectivity index is 0. The van der Waals surface area contributed by atoms with Gasteiger partial charge in [0.2, 0.25) is 0 Å². The van der Waals surface area contributed by atoms with Gasteiger partial charge in [0.05, 0.1) is 5.16 Å². The fourth-order valence-electron chi connectivity index (χ4n) is 0. The molecule has 0 amide bonds. The molecular weight excluding hydrogens is 65.0 g/mol. The molecule has 0 unspecified atom stereocenters. The molecule has 0 aromatic heterocycles. The summed E-state index contributed by atoms with van der Waals surface area (Å²) < 4.78 is 0. The molecule has 0 aliphatic heterocycles. The summed E-state index contributed by atoms with van der Waals surface area (Å²) >= 11 is 3.81. The fraction of sp³-hybridized carbons (Fsp3) is 0. The van der Waals surface area contributed by atoms with Crippen LogP contribution in [0.1, 0.15) is 0 Å². The van der Waals surface area contributed by atoms with Crippen LogP contribution < -0.4 is 0 Å². The fourth-order valence-corrected chi connectivity index (χ4v) is 0. The number of hydrogen-bond donors (Lipinski definition) is 1. The molecule has 0 atom stereocenters. The van der Waals surface area contributed by atoms with E-state index in [0.717, 1.165) is 0 Å². The minimum absolute atomic E-state index is 0. The maximum atomic E-state index is 5.77. The van der Waals surface area contributed by atoms with Crippen LogP contribution >= 0.6 is 12.2 Å². The van der Waals surface area contributed by atoms with Crippen molar-refractivity contribution in [1.82, 2.24) is 0 Å². The zero-order valence-corrected chi connectivity index (χ0v) is 2.22. The molecule has 0 fully saturated rings. The van der Waals surface area contributed by atoms with Gasteiger partial charge < -0.3 is 0 Å². The zero-order valence-electron chi connectivity index (χ0n) is 1.41. The number of isothiocyanates is 1. The standard InChI is InChI=1S/CHNS.Li.H/c2-1-3;;/h2H;;. The molecule has 4 heavy (non-hydrogen) atoms. The van der Waals surface area contributed by atoms with Gasteiger partial charge in [-0.1, -0.05) is 0 Å². The predicted octanol–water partition coefficient (Wildman–Crippen LogP) is 0.0195. The molecule has 0 radical (unpaired) electrons. The topological polar surface area (TPSA) is 23.9 Å². The van der Waals surface area contributed by atoms with Crippen LogP contribution in [0.3, 0.4) is 0 Å². The van der Waals surface area contributed by atoms with E-state index < -0.39 is 0 Å². The second kappa shape index (κ2) is 10.00. The van der Waals surface area contributed by atoms with E-state index in [9.17, 15) is 0 Å². The van der Waals surface area contributed by atoms with Crippen molar-refractivity contribution >= 4 is 36.2 Å². The van der Waals surface area contributed by atoms with E-state index in [4.69, 9.17) is 5.41 Å². The Bertz CT molecular complexity index is 29.0. The van der Waals surface area contributed by atoms with Gasteiger partial charge in [0.15, 0.2) is 0 Å². The molecule has 0 spiro atoms. The normalized spacial score (nSPS) is 2.00. The SMILES string of the molecule is N=C=S.[LiH]. The van der Waals surface area contributed by atoms with Crippen molar-refractivity contribution < 1.29 is 0 Å². The molecule has 0 aromatic rings. The molecule has 3 heteroatoms. The van der Waals surface area contributed by atoms with Crippen molar-refractivity contribution in [3.8, 4) is 0 Å². The molecule has 0 aliphatic rings. The Kier molecular flexibility index (Phi) is 22.1. The van der Waals surface area contributed by atoms with Crippen molar-refractivity contribution in [2.24, 2.45) is 0 Å². The van der Waals surface area contributed by atoms with E-state index in [-0.39, 0.29) is 18.9 Å². The van der Waals surface area contributed by atoms with Gasteiger partial charge in [-0.3, -0.25) is 0 Å². The first-order chi connectivity index (χ1) is 1.41. The molecule has 0 bridgehead atoms. The third-order valence-corrected chi connectivity index (χ3v) is 0. The van der Waals surface area contributed by atoms with E-state index in [2.05, 4.69) is 12.2 Å². The third-order valence-electron chi connectivity index (χ3n) is 0. The summed E-state index contributed by atoms with van der Waals surface area (Å²) in [6.45, 7) is 0. The monoisotopic (exact) mass is 67.0 g/mol. The Morgan fingerprint density at radius 3 is 1.75 bits per heavy atom. The van der Waals surface area contributed by atoms with Gasteiger partial charge in [0, 0.05) is 0 Å². The van der Waals surface area contributed by atoms with Crippen molar-refractivity contribution in [2.75, 3.05) is 0 Å². The third kappa shape index (κ3) is 29.6. The summed E-state index contributed by atoms with van der Waals surface area (Å²) in [6.07, 6.45) is 0. The summed E-state index contributed by atoms with van der Waals surface area (Å²) in [4.78, 5) is 0. The molecule has 0 rings (SSSR count). The van der Waals surface area contributed by atoms with E-state index in [1.807, 2.05) is 0 Å². The molecule has 0 saturated carbocycles. The molecule has 1 N–H and O–H groups in total. The van der Waals surface area contributed by atoms with Crippen LogP contribution in [0, 0.1) is 5.41 Å². The first kappa shape index (κ1) is 8.83. The number of thiocarbonyl (C=S) groups is 1. The minimum atomic E-state index is 0. The molecule has 0 aromatic carbocycles. The predicted molar refractivity (Wildman–Crippen MR) is 22.5 cm³/mol. The van der Waals surface area contributed by atoms with Gasteiger partial charge in [0.25, 0.3) is 0 Å². The Labute approximate surface area is 42.1 Å². The molecular formula is CH2LiNS. The van der Waals surface area contributed by atoms with Gasteiger partial charge >= 0.3 is 18.9 Å². The van der Waals surface area contributed by atoms with Crippen LogP contribution in [0.4, 0.5) is 0 Å². The molecule has 0 aliphatic carbocycles. The number of hydrogen-bond acceptors (Lipinski definition) is 2. The van der Waals surface area contributed by atoms with Gasteiger partial charge in [-0.2, -0.15) is 0 Å². The molecule has 0 heterocycles. The van der Waals surface area contributed by atoms with Crippen molar-refractivity contribution in [1.29, 1.82) is 5.41 Å². The summed E-state index contributed by atoms with van der Waals surface area (Å²) in [6, 6.07) is 0. The molecule has 18 valence electrons. The van der Waals surface area contributed by atoms with Gasteiger partial charge in [-0.25, -0.2) is 5.41 Å². The zero-order chi connectivity index (χ0) is 2.71. The maximum absolute atomic E-state index is 5.77. The second-order valence-electron chi connectivity index (χ2n) is 0.102. The summed E-state index contributed by atoms with van der Waals surface area (Å²) in [5.74, 6) is 0. The van der Waals surface area contributed by atoms with Gasteiger partial charge in [-0.05, 0) is 12.2 Å². The summed E-state index contributed by atoms with van der Waals surface area (Å²) in [5.41, 5.74) is 0. The van der Waals surface area contributed by atoms with Crippen LogP contribution in [0.2, 0.25) is 0 Å². The van der Waals surface area contributed by atoms with Crippen molar-refractivity contribution in [2.45, 2.75) is 0 Å². The molecule has 0 saturated heterocycles. The summed E-state index contributed by atoms with van der Waals surface area (Å²) in [7, 11) is 0. The van der Waals surface area contributed by atoms with Crippen LogP contribution in [-0.4, -0.2) is 24.0 Å². The van der Waals surface area contributed by atoms with Crippen molar-refractivity contribution in [3.63, 3.8) is 0 Å². The van der Waals surface area contributed by atoms with Crippen LogP contribution in [0.5, 0.6) is 0 Å². The van der Waals surface area contributed by atoms with Crippen molar-refractivity contribution in [3.05, 3.63) is 0 Å². The van der Waals surface area contributed by atoms with Gasteiger partial charge in [0.1, 0.15) is 0 Å². The van der Waals surface area contributed by atoms with E-state index >= 15 is 0 Å². The average molecular weight is 67.0 g/mol. The first-order valence-electron chi connectivity index (χ1n) is 0.454. The number of nitrogens with one attached hydrogen (secondary N) is 1. The first-order valence-corrected chi connectivity index (χ1v) is 0.862. The number of rotatable bonds is 0. The quantitative estimate of drug-likeness (QED) is 0.241. The van der Waals surface area contributed by atoms with Crippen LogP contribution in [0.15, 0.2) is 0 Å². The van der Waals surface area contributed by atoms with Crippen LogP contribution in [0.25, 0.3) is 0 Å². The van der Waals surface area contributed by atoms with Crippen LogP contribution in [-0.2, 0) is 0 Å². The van der Waals surface area contributed by atoms with Gasteiger partial charge in [-0.15, -0.1) is 0 Å². The Hall–Kier alpha value is 0.397. The Morgan fingerprint density at radius 1 is 1.75 bits per heavy atom. The van der Waals surface area contributed by atoms with E-state index in [1.54, 1.807) is 5.16 Å². The van der Waals surface area contributed by atoms with E-state index in [0.29, 0.717) is 0 Å².